The van der Waals surface area contributed by atoms with E-state index in [1.54, 1.807) is 6.92 Å². The molecule has 0 heterocycles. The van der Waals surface area contributed by atoms with E-state index in [-0.39, 0.29) is 23.7 Å². The standard InChI is InChI=1S/C18H30N2O3/c1-6-14(3)23-16-9-7-15(8-10-16)20-17(22)19-12-18(4,5)11-13(2)21/h7-10,13-14,21H,6,11-12H2,1-5H3,(H2,19,20,22). The van der Waals surface area contributed by atoms with Crippen LogP contribution in [0.3, 0.4) is 0 Å². The van der Waals surface area contributed by atoms with Gasteiger partial charge in [0.2, 0.25) is 0 Å². The molecule has 1 aromatic rings. The third kappa shape index (κ3) is 7.88. The minimum atomic E-state index is -0.382. The Balaban J connectivity index is 2.45. The van der Waals surface area contributed by atoms with E-state index in [9.17, 15) is 9.90 Å². The maximum Gasteiger partial charge on any atom is 0.319 e. The fourth-order valence-electron chi connectivity index (χ4n) is 2.30. The highest BCUT2D eigenvalue weighted by atomic mass is 16.5. The van der Waals surface area contributed by atoms with Crippen molar-refractivity contribution >= 4 is 11.7 Å². The molecule has 0 radical (unpaired) electrons. The molecular formula is C18H30N2O3. The molecule has 0 aromatic heterocycles. The van der Waals surface area contributed by atoms with Crippen LogP contribution in [0.25, 0.3) is 0 Å². The summed E-state index contributed by atoms with van der Waals surface area (Å²) in [7, 11) is 0. The highest BCUT2D eigenvalue weighted by Crippen LogP contribution is 2.21. The summed E-state index contributed by atoms with van der Waals surface area (Å²) in [4.78, 5) is 11.9. The lowest BCUT2D eigenvalue weighted by Gasteiger charge is -2.26. The molecule has 0 spiro atoms. The van der Waals surface area contributed by atoms with Crippen LogP contribution in [-0.4, -0.2) is 29.9 Å². The molecule has 2 unspecified atom stereocenters. The smallest absolute Gasteiger partial charge is 0.319 e. The molecule has 3 N–H and O–H groups in total. The molecule has 0 saturated carbocycles. The zero-order valence-electron chi connectivity index (χ0n) is 14.8. The first-order valence-corrected chi connectivity index (χ1v) is 8.21. The Morgan fingerprint density at radius 3 is 2.39 bits per heavy atom. The minimum Gasteiger partial charge on any atom is -0.491 e. The average molecular weight is 322 g/mol. The summed E-state index contributed by atoms with van der Waals surface area (Å²) in [6.45, 7) is 10.4. The molecule has 130 valence electrons. The highest BCUT2D eigenvalue weighted by Gasteiger charge is 2.21. The topological polar surface area (TPSA) is 70.6 Å². The molecule has 0 fully saturated rings. The van der Waals surface area contributed by atoms with Gasteiger partial charge in [0.15, 0.2) is 0 Å². The molecule has 23 heavy (non-hydrogen) atoms. The molecule has 0 bridgehead atoms. The number of benzene rings is 1. The number of amides is 2. The van der Waals surface area contributed by atoms with Crippen LogP contribution in [0.5, 0.6) is 5.75 Å². The number of nitrogens with one attached hydrogen (secondary N) is 2. The molecular weight excluding hydrogens is 292 g/mol. The van der Waals surface area contributed by atoms with Crippen molar-refractivity contribution in [2.45, 2.75) is 59.7 Å². The molecule has 2 amide bonds. The van der Waals surface area contributed by atoms with Crippen molar-refractivity contribution < 1.29 is 14.6 Å². The molecule has 0 aliphatic heterocycles. The second-order valence-electron chi connectivity index (χ2n) is 6.89. The van der Waals surface area contributed by atoms with Gasteiger partial charge in [0.1, 0.15) is 5.75 Å². The summed E-state index contributed by atoms with van der Waals surface area (Å²) in [5.74, 6) is 0.795. The Kier molecular flexibility index (Phi) is 7.36. The van der Waals surface area contributed by atoms with Gasteiger partial charge in [-0.25, -0.2) is 4.79 Å². The molecule has 2 atom stereocenters. The Morgan fingerprint density at radius 2 is 1.87 bits per heavy atom. The summed E-state index contributed by atoms with van der Waals surface area (Å²) in [6, 6.07) is 7.08. The van der Waals surface area contributed by atoms with Crippen molar-refractivity contribution in [2.75, 3.05) is 11.9 Å². The summed E-state index contributed by atoms with van der Waals surface area (Å²) >= 11 is 0. The van der Waals surface area contributed by atoms with Crippen molar-refractivity contribution in [3.63, 3.8) is 0 Å². The molecule has 0 aliphatic rings. The third-order valence-electron chi connectivity index (χ3n) is 3.60. The van der Waals surface area contributed by atoms with Crippen molar-refractivity contribution in [2.24, 2.45) is 5.41 Å². The fourth-order valence-corrected chi connectivity index (χ4v) is 2.30. The van der Waals surface area contributed by atoms with E-state index in [1.165, 1.54) is 0 Å². The quantitative estimate of drug-likeness (QED) is 0.682. The number of carbonyl (C=O) groups is 1. The number of ether oxygens (including phenoxy) is 1. The van der Waals surface area contributed by atoms with Gasteiger partial charge < -0.3 is 20.5 Å². The van der Waals surface area contributed by atoms with E-state index >= 15 is 0 Å². The first kappa shape index (κ1) is 19.3. The lowest BCUT2D eigenvalue weighted by atomic mass is 9.87. The summed E-state index contributed by atoms with van der Waals surface area (Å²) in [5.41, 5.74) is 0.562. The third-order valence-corrected chi connectivity index (χ3v) is 3.60. The van der Waals surface area contributed by atoms with Crippen LogP contribution in [0, 0.1) is 5.41 Å². The second-order valence-corrected chi connectivity index (χ2v) is 6.89. The minimum absolute atomic E-state index is 0.153. The number of hydrogen-bond acceptors (Lipinski definition) is 3. The van der Waals surface area contributed by atoms with E-state index in [2.05, 4.69) is 17.6 Å². The Hall–Kier alpha value is -1.75. The van der Waals surface area contributed by atoms with E-state index in [1.807, 2.05) is 45.0 Å². The molecule has 0 aliphatic carbocycles. The number of aliphatic hydroxyl groups excluding tert-OH is 1. The van der Waals surface area contributed by atoms with Gasteiger partial charge in [-0.05, 0) is 56.4 Å². The molecule has 5 nitrogen and oxygen atoms in total. The lowest BCUT2D eigenvalue weighted by molar-refractivity contribution is 0.129. The van der Waals surface area contributed by atoms with Crippen LogP contribution < -0.4 is 15.4 Å². The Labute approximate surface area is 139 Å². The van der Waals surface area contributed by atoms with Crippen LogP contribution in [0.4, 0.5) is 10.5 Å². The predicted octanol–water partition coefficient (Wildman–Crippen LogP) is 3.78. The number of hydrogen-bond donors (Lipinski definition) is 3. The van der Waals surface area contributed by atoms with Gasteiger partial charge in [-0.1, -0.05) is 20.8 Å². The van der Waals surface area contributed by atoms with Gasteiger partial charge in [0.05, 0.1) is 12.2 Å². The van der Waals surface area contributed by atoms with Crippen molar-refractivity contribution in [3.05, 3.63) is 24.3 Å². The predicted molar refractivity (Wildman–Crippen MR) is 93.9 cm³/mol. The van der Waals surface area contributed by atoms with Crippen LogP contribution >= 0.6 is 0 Å². The van der Waals surface area contributed by atoms with Gasteiger partial charge in [-0.2, -0.15) is 0 Å². The maximum absolute atomic E-state index is 11.9. The normalized spacial score (nSPS) is 14.0. The monoisotopic (exact) mass is 322 g/mol. The number of carbonyl (C=O) groups excluding carboxylic acids is 1. The van der Waals surface area contributed by atoms with Crippen LogP contribution in [0.15, 0.2) is 24.3 Å². The van der Waals surface area contributed by atoms with Crippen LogP contribution in [-0.2, 0) is 0 Å². The van der Waals surface area contributed by atoms with E-state index in [0.717, 1.165) is 12.2 Å². The van der Waals surface area contributed by atoms with Crippen LogP contribution in [0.1, 0.15) is 47.5 Å². The zero-order chi connectivity index (χ0) is 17.5. The zero-order valence-corrected chi connectivity index (χ0v) is 14.8. The van der Waals surface area contributed by atoms with Crippen molar-refractivity contribution in [1.82, 2.24) is 5.32 Å². The molecule has 0 saturated heterocycles. The molecule has 5 heteroatoms. The summed E-state index contributed by atoms with van der Waals surface area (Å²) in [6.07, 6.45) is 1.38. The number of urea groups is 1. The molecule has 1 aromatic carbocycles. The maximum atomic E-state index is 11.9. The molecule has 1 rings (SSSR count). The van der Waals surface area contributed by atoms with Crippen molar-refractivity contribution in [3.8, 4) is 5.75 Å². The first-order chi connectivity index (χ1) is 10.7. The van der Waals surface area contributed by atoms with E-state index in [4.69, 9.17) is 4.74 Å². The lowest BCUT2D eigenvalue weighted by Crippen LogP contribution is -2.38. The Bertz CT molecular complexity index is 484. The van der Waals surface area contributed by atoms with Crippen molar-refractivity contribution in [1.29, 1.82) is 0 Å². The largest absolute Gasteiger partial charge is 0.491 e. The second kappa shape index (κ2) is 8.77. The fraction of sp³-hybridized carbons (Fsp3) is 0.611. The van der Waals surface area contributed by atoms with Gasteiger partial charge in [-0.3, -0.25) is 0 Å². The van der Waals surface area contributed by atoms with Gasteiger partial charge >= 0.3 is 6.03 Å². The van der Waals surface area contributed by atoms with E-state index in [0.29, 0.717) is 18.7 Å². The average Bonchev–Trinajstić information content (AvgIpc) is 2.46. The summed E-state index contributed by atoms with van der Waals surface area (Å²) < 4.78 is 5.70. The Morgan fingerprint density at radius 1 is 1.26 bits per heavy atom. The summed E-state index contributed by atoms with van der Waals surface area (Å²) in [5, 5.41) is 15.1. The SMILES string of the molecule is CCC(C)Oc1ccc(NC(=O)NCC(C)(C)CC(C)O)cc1. The first-order valence-electron chi connectivity index (χ1n) is 8.21. The van der Waals surface area contributed by atoms with Gasteiger partial charge in [-0.15, -0.1) is 0 Å². The van der Waals surface area contributed by atoms with Gasteiger partial charge in [0.25, 0.3) is 0 Å². The number of rotatable bonds is 8. The van der Waals surface area contributed by atoms with E-state index < -0.39 is 0 Å². The number of aliphatic hydroxyl groups is 1. The highest BCUT2D eigenvalue weighted by molar-refractivity contribution is 5.89. The van der Waals surface area contributed by atoms with Gasteiger partial charge in [0, 0.05) is 12.2 Å². The van der Waals surface area contributed by atoms with Crippen LogP contribution in [0.2, 0.25) is 0 Å². The number of anilines is 1.